The van der Waals surface area contributed by atoms with Gasteiger partial charge in [0.25, 0.3) is 11.7 Å². The Morgan fingerprint density at radius 2 is 1.89 bits per heavy atom. The third kappa shape index (κ3) is 2.15. The summed E-state index contributed by atoms with van der Waals surface area (Å²) in [5.41, 5.74) is 1.12. The molecule has 18 heavy (non-hydrogen) atoms. The van der Waals surface area contributed by atoms with E-state index in [-0.39, 0.29) is 0 Å². The zero-order valence-electron chi connectivity index (χ0n) is 10.6. The van der Waals surface area contributed by atoms with Crippen LogP contribution < -0.4 is 4.90 Å². The molecule has 1 aliphatic heterocycles. The number of rotatable bonds is 4. The minimum Gasteiger partial charge on any atom is -0.304 e. The Bertz CT molecular complexity index is 495. The van der Waals surface area contributed by atoms with Gasteiger partial charge in [-0.1, -0.05) is 38.3 Å². The van der Waals surface area contributed by atoms with Crippen molar-refractivity contribution in [2.75, 3.05) is 11.4 Å². The highest BCUT2D eigenvalue weighted by Gasteiger charge is 2.36. The van der Waals surface area contributed by atoms with Crippen LogP contribution in [0.4, 0.5) is 5.69 Å². The first-order chi connectivity index (χ1) is 8.58. The lowest BCUT2D eigenvalue weighted by atomic mass is 10.0. The second-order valence-electron chi connectivity index (χ2n) is 4.59. The average Bonchev–Trinajstić information content (AvgIpc) is 2.60. The van der Waals surface area contributed by atoms with Crippen LogP contribution in [0.2, 0.25) is 5.02 Å². The Kier molecular flexibility index (Phi) is 3.71. The van der Waals surface area contributed by atoms with E-state index in [0.29, 0.717) is 28.7 Å². The molecule has 2 rings (SSSR count). The van der Waals surface area contributed by atoms with E-state index in [4.69, 9.17) is 11.6 Å². The summed E-state index contributed by atoms with van der Waals surface area (Å²) >= 11 is 5.86. The normalized spacial score (nSPS) is 14.6. The molecule has 0 spiro atoms. The molecule has 1 aliphatic rings. The van der Waals surface area contributed by atoms with Gasteiger partial charge in [-0.25, -0.2) is 0 Å². The van der Waals surface area contributed by atoms with Gasteiger partial charge in [-0.15, -0.1) is 0 Å². The van der Waals surface area contributed by atoms with E-state index in [0.717, 1.165) is 12.8 Å². The van der Waals surface area contributed by atoms with Crippen LogP contribution in [0.25, 0.3) is 0 Å². The minimum atomic E-state index is -0.446. The standard InChI is InChI=1S/C14H16ClNO2/c1-3-9(4-2)8-16-12-6-5-10(15)7-11(12)13(17)14(16)18/h5-7,9H,3-4,8H2,1-2H3. The molecule has 4 heteroatoms. The van der Waals surface area contributed by atoms with Crippen molar-refractivity contribution in [3.05, 3.63) is 28.8 Å². The SMILES string of the molecule is CCC(CC)CN1C(=O)C(=O)c2cc(Cl)ccc21. The molecule has 0 N–H and O–H groups in total. The van der Waals surface area contributed by atoms with Crippen LogP contribution in [0.15, 0.2) is 18.2 Å². The number of carbonyl (C=O) groups excluding carboxylic acids is 2. The van der Waals surface area contributed by atoms with Crippen LogP contribution in [0.5, 0.6) is 0 Å². The Hall–Kier alpha value is -1.35. The number of halogens is 1. The zero-order valence-corrected chi connectivity index (χ0v) is 11.3. The van der Waals surface area contributed by atoms with Crippen molar-refractivity contribution in [3.8, 4) is 0 Å². The maximum absolute atomic E-state index is 12.0. The molecule has 0 aliphatic carbocycles. The number of carbonyl (C=O) groups is 2. The number of benzene rings is 1. The first-order valence-corrected chi connectivity index (χ1v) is 6.62. The number of amides is 1. The van der Waals surface area contributed by atoms with Gasteiger partial charge < -0.3 is 4.90 Å². The molecule has 96 valence electrons. The molecule has 0 fully saturated rings. The van der Waals surface area contributed by atoms with Crippen molar-refractivity contribution in [3.63, 3.8) is 0 Å². The largest absolute Gasteiger partial charge is 0.304 e. The first kappa shape index (κ1) is 13.1. The Morgan fingerprint density at radius 3 is 2.50 bits per heavy atom. The van der Waals surface area contributed by atoms with Crippen molar-refractivity contribution < 1.29 is 9.59 Å². The van der Waals surface area contributed by atoms with Gasteiger partial charge >= 0.3 is 0 Å². The Balaban J connectivity index is 2.34. The smallest absolute Gasteiger partial charge is 0.299 e. The van der Waals surface area contributed by atoms with Gasteiger partial charge in [0, 0.05) is 11.6 Å². The maximum atomic E-state index is 12.0. The average molecular weight is 266 g/mol. The van der Waals surface area contributed by atoms with Gasteiger partial charge in [0.15, 0.2) is 0 Å². The van der Waals surface area contributed by atoms with Crippen LogP contribution >= 0.6 is 11.6 Å². The summed E-state index contributed by atoms with van der Waals surface area (Å²) in [5, 5.41) is 0.485. The predicted molar refractivity (Wildman–Crippen MR) is 72.2 cm³/mol. The van der Waals surface area contributed by atoms with Gasteiger partial charge in [-0.2, -0.15) is 0 Å². The fourth-order valence-corrected chi connectivity index (χ4v) is 2.43. The van der Waals surface area contributed by atoms with Crippen LogP contribution in [0.3, 0.4) is 0 Å². The van der Waals surface area contributed by atoms with Crippen molar-refractivity contribution in [2.45, 2.75) is 26.7 Å². The van der Waals surface area contributed by atoms with Crippen molar-refractivity contribution in [1.29, 1.82) is 0 Å². The molecule has 1 aromatic carbocycles. The molecule has 1 amide bonds. The molecule has 0 saturated heterocycles. The minimum absolute atomic E-state index is 0.420. The van der Waals surface area contributed by atoms with E-state index >= 15 is 0 Å². The molecule has 0 saturated carbocycles. The number of nitrogens with zero attached hydrogens (tertiary/aromatic N) is 1. The number of anilines is 1. The summed E-state index contributed by atoms with van der Waals surface area (Å²) in [6.07, 6.45) is 1.99. The zero-order chi connectivity index (χ0) is 13.3. The second-order valence-corrected chi connectivity index (χ2v) is 5.03. The molecule has 0 radical (unpaired) electrons. The number of hydrogen-bond acceptors (Lipinski definition) is 2. The van der Waals surface area contributed by atoms with E-state index in [1.54, 1.807) is 23.1 Å². The molecule has 0 unspecified atom stereocenters. The summed E-state index contributed by atoms with van der Waals surface area (Å²) in [6.45, 7) is 4.80. The quantitative estimate of drug-likeness (QED) is 0.784. The lowest BCUT2D eigenvalue weighted by Gasteiger charge is -2.22. The molecule has 0 atom stereocenters. The number of hydrogen-bond donors (Lipinski definition) is 0. The van der Waals surface area contributed by atoms with Gasteiger partial charge in [-0.05, 0) is 24.1 Å². The van der Waals surface area contributed by atoms with E-state index < -0.39 is 11.7 Å². The topological polar surface area (TPSA) is 37.4 Å². The van der Waals surface area contributed by atoms with Crippen molar-refractivity contribution in [1.82, 2.24) is 0 Å². The van der Waals surface area contributed by atoms with Crippen LogP contribution in [-0.2, 0) is 4.79 Å². The lowest BCUT2D eigenvalue weighted by molar-refractivity contribution is -0.114. The first-order valence-electron chi connectivity index (χ1n) is 6.24. The van der Waals surface area contributed by atoms with Gasteiger partial charge in [-0.3, -0.25) is 9.59 Å². The van der Waals surface area contributed by atoms with Crippen LogP contribution in [-0.4, -0.2) is 18.2 Å². The van der Waals surface area contributed by atoms with Gasteiger partial charge in [0.1, 0.15) is 0 Å². The molecule has 0 bridgehead atoms. The lowest BCUT2D eigenvalue weighted by Crippen LogP contribution is -2.34. The molecular formula is C14H16ClNO2. The van der Waals surface area contributed by atoms with Gasteiger partial charge in [0.05, 0.1) is 11.3 Å². The van der Waals surface area contributed by atoms with Crippen molar-refractivity contribution in [2.24, 2.45) is 5.92 Å². The monoisotopic (exact) mass is 265 g/mol. The van der Waals surface area contributed by atoms with Crippen molar-refractivity contribution >= 4 is 29.0 Å². The molecule has 3 nitrogen and oxygen atoms in total. The summed E-state index contributed by atoms with van der Waals surface area (Å²) in [5.74, 6) is -0.457. The van der Waals surface area contributed by atoms with E-state index in [2.05, 4.69) is 13.8 Å². The molecule has 0 aromatic heterocycles. The second kappa shape index (κ2) is 5.11. The maximum Gasteiger partial charge on any atom is 0.299 e. The Labute approximate surface area is 112 Å². The summed E-state index contributed by atoms with van der Waals surface area (Å²) in [6, 6.07) is 5.04. The molecule has 1 aromatic rings. The Morgan fingerprint density at radius 1 is 1.22 bits per heavy atom. The van der Waals surface area contributed by atoms with Crippen LogP contribution in [0, 0.1) is 5.92 Å². The van der Waals surface area contributed by atoms with E-state index in [1.807, 2.05) is 0 Å². The fourth-order valence-electron chi connectivity index (χ4n) is 2.26. The number of Topliss-reactive ketones (excluding diaryl/α,β-unsaturated/α-hetero) is 1. The van der Waals surface area contributed by atoms with Crippen LogP contribution in [0.1, 0.15) is 37.0 Å². The number of ketones is 1. The highest BCUT2D eigenvalue weighted by Crippen LogP contribution is 2.32. The van der Waals surface area contributed by atoms with E-state index in [1.165, 1.54) is 0 Å². The third-order valence-corrected chi connectivity index (χ3v) is 3.76. The molecule has 1 heterocycles. The van der Waals surface area contributed by atoms with E-state index in [9.17, 15) is 9.59 Å². The molecular weight excluding hydrogens is 250 g/mol. The highest BCUT2D eigenvalue weighted by atomic mass is 35.5. The van der Waals surface area contributed by atoms with Gasteiger partial charge in [0.2, 0.25) is 0 Å². The summed E-state index contributed by atoms with van der Waals surface area (Å²) < 4.78 is 0. The third-order valence-electron chi connectivity index (χ3n) is 3.53. The highest BCUT2D eigenvalue weighted by molar-refractivity contribution is 6.52. The number of fused-ring (bicyclic) bond motifs is 1. The predicted octanol–water partition coefficient (Wildman–Crippen LogP) is 3.31. The summed E-state index contributed by atoms with van der Waals surface area (Å²) in [4.78, 5) is 25.4. The summed E-state index contributed by atoms with van der Waals surface area (Å²) in [7, 11) is 0. The fraction of sp³-hybridized carbons (Fsp3) is 0.429.